The van der Waals surface area contributed by atoms with E-state index in [4.69, 9.17) is 4.74 Å². The normalized spacial score (nSPS) is 19.8. The molecule has 6 rings (SSSR count). The number of hydrogen-bond donors (Lipinski definition) is 1. The number of benzene rings is 1. The van der Waals surface area contributed by atoms with Gasteiger partial charge in [0.25, 0.3) is 0 Å². The van der Waals surface area contributed by atoms with Gasteiger partial charge in [-0.3, -0.25) is 19.7 Å². The van der Waals surface area contributed by atoms with Gasteiger partial charge in [-0.15, -0.1) is 0 Å². The van der Waals surface area contributed by atoms with Gasteiger partial charge in [0.1, 0.15) is 0 Å². The first-order valence-corrected chi connectivity index (χ1v) is 13.0. The van der Waals surface area contributed by atoms with Crippen LogP contribution in [0, 0.1) is 17.6 Å². The highest BCUT2D eigenvalue weighted by atomic mass is 19.2. The number of likely N-dealkylation sites (tertiary alicyclic amines) is 1. The predicted molar refractivity (Wildman–Crippen MR) is 133 cm³/mol. The van der Waals surface area contributed by atoms with Crippen LogP contribution in [0.1, 0.15) is 66.1 Å². The van der Waals surface area contributed by atoms with Gasteiger partial charge in [-0.25, -0.2) is 8.78 Å². The molecule has 0 bridgehead atoms. The Balaban J connectivity index is 1.14. The molecule has 1 saturated heterocycles. The second-order valence-electron chi connectivity index (χ2n) is 10.4. The van der Waals surface area contributed by atoms with E-state index in [9.17, 15) is 13.6 Å². The summed E-state index contributed by atoms with van der Waals surface area (Å²) in [7, 11) is 0. The minimum absolute atomic E-state index is 0.0268. The molecule has 0 unspecified atom stereocenters. The Morgan fingerprint density at radius 1 is 1.11 bits per heavy atom. The summed E-state index contributed by atoms with van der Waals surface area (Å²) in [5.41, 5.74) is 4.38. The van der Waals surface area contributed by atoms with Gasteiger partial charge in [0, 0.05) is 49.7 Å². The van der Waals surface area contributed by atoms with E-state index in [0.717, 1.165) is 69.4 Å². The number of carbonyl (C=O) groups is 1. The van der Waals surface area contributed by atoms with Gasteiger partial charge in [0.2, 0.25) is 5.91 Å². The highest BCUT2D eigenvalue weighted by molar-refractivity contribution is 5.80. The lowest BCUT2D eigenvalue weighted by molar-refractivity contribution is -0.127. The minimum Gasteiger partial charge on any atom is -0.365 e. The molecule has 2 fully saturated rings. The fourth-order valence-electron chi connectivity index (χ4n) is 5.65. The Kier molecular flexibility index (Phi) is 6.46. The number of ether oxygens (including phenoxy) is 1. The Morgan fingerprint density at radius 3 is 2.65 bits per heavy atom. The molecule has 3 aromatic rings. The highest BCUT2D eigenvalue weighted by Crippen LogP contribution is 2.43. The average molecular weight is 505 g/mol. The molecule has 1 spiro atoms. The van der Waals surface area contributed by atoms with Crippen LogP contribution in [0.15, 0.2) is 55.0 Å². The Morgan fingerprint density at radius 2 is 1.95 bits per heavy atom. The Labute approximate surface area is 215 Å². The third-order valence-electron chi connectivity index (χ3n) is 8.16. The molecule has 4 heterocycles. The summed E-state index contributed by atoms with van der Waals surface area (Å²) in [5, 5.41) is 3.02. The number of rotatable bonds is 6. The van der Waals surface area contributed by atoms with Crippen LogP contribution in [0.2, 0.25) is 0 Å². The first kappa shape index (κ1) is 24.1. The first-order valence-electron chi connectivity index (χ1n) is 13.0. The maximum atomic E-state index is 14.0. The minimum atomic E-state index is -0.940. The van der Waals surface area contributed by atoms with Crippen molar-refractivity contribution in [1.82, 2.24) is 20.2 Å². The molecule has 8 heteroatoms. The van der Waals surface area contributed by atoms with Crippen LogP contribution in [0.25, 0.3) is 0 Å². The monoisotopic (exact) mass is 504 g/mol. The Hall–Kier alpha value is -3.23. The van der Waals surface area contributed by atoms with Crippen molar-refractivity contribution in [1.29, 1.82) is 0 Å². The molecule has 1 N–H and O–H groups in total. The fourth-order valence-corrected chi connectivity index (χ4v) is 5.65. The molecule has 1 saturated carbocycles. The molecule has 0 radical (unpaired) electrons. The second kappa shape index (κ2) is 9.91. The van der Waals surface area contributed by atoms with Gasteiger partial charge in [-0.05, 0) is 66.6 Å². The standard InChI is InChI=1S/C29H30F2N4O2/c30-24-6-5-21(14-25(24)31)27(34-28(36)20-2-1-3-20)26-7-4-19(15-33-26)17-35-12-9-29(10-13-35)23-16-32-11-8-22(23)18-37-29/h4-8,11,14-16,20,27H,1-3,9-10,12-13,17-18H2,(H,34,36)/t27-/m0/s1. The van der Waals surface area contributed by atoms with Crippen LogP contribution in [0.3, 0.4) is 0 Å². The van der Waals surface area contributed by atoms with E-state index in [1.807, 2.05) is 36.8 Å². The van der Waals surface area contributed by atoms with Gasteiger partial charge in [-0.2, -0.15) is 0 Å². The molecular weight excluding hydrogens is 474 g/mol. The summed E-state index contributed by atoms with van der Waals surface area (Å²) in [6.45, 7) is 3.23. The number of carbonyl (C=O) groups excluding carboxylic acids is 1. The third kappa shape index (κ3) is 4.76. The summed E-state index contributed by atoms with van der Waals surface area (Å²) in [4.78, 5) is 24.1. The number of piperidine rings is 1. The van der Waals surface area contributed by atoms with Crippen molar-refractivity contribution in [3.8, 4) is 0 Å². The number of pyridine rings is 2. The quantitative estimate of drug-likeness (QED) is 0.523. The van der Waals surface area contributed by atoms with Crippen molar-refractivity contribution < 1.29 is 18.3 Å². The molecule has 2 aromatic heterocycles. The fraction of sp³-hybridized carbons (Fsp3) is 0.414. The van der Waals surface area contributed by atoms with E-state index in [1.54, 1.807) is 0 Å². The summed E-state index contributed by atoms with van der Waals surface area (Å²) in [6, 6.07) is 9.01. The maximum Gasteiger partial charge on any atom is 0.223 e. The molecule has 1 aromatic carbocycles. The number of hydrogen-bond acceptors (Lipinski definition) is 5. The van der Waals surface area contributed by atoms with Crippen LogP contribution in [-0.4, -0.2) is 33.9 Å². The van der Waals surface area contributed by atoms with Crippen LogP contribution in [0.5, 0.6) is 0 Å². The first-order chi connectivity index (χ1) is 18.0. The predicted octanol–water partition coefficient (Wildman–Crippen LogP) is 4.78. The molecule has 1 atom stereocenters. The van der Waals surface area contributed by atoms with Crippen molar-refractivity contribution in [2.75, 3.05) is 13.1 Å². The van der Waals surface area contributed by atoms with Crippen LogP contribution < -0.4 is 5.32 Å². The van der Waals surface area contributed by atoms with Crippen molar-refractivity contribution in [3.63, 3.8) is 0 Å². The third-order valence-corrected chi connectivity index (χ3v) is 8.16. The van der Waals surface area contributed by atoms with E-state index in [2.05, 4.69) is 20.2 Å². The molecule has 1 aliphatic carbocycles. The summed E-state index contributed by atoms with van der Waals surface area (Å²) in [5.74, 6) is -1.95. The number of fused-ring (bicyclic) bond motifs is 2. The molecule has 2 aliphatic heterocycles. The number of nitrogens with zero attached hydrogens (tertiary/aromatic N) is 3. The van der Waals surface area contributed by atoms with Crippen molar-refractivity contribution in [2.24, 2.45) is 5.92 Å². The van der Waals surface area contributed by atoms with Gasteiger partial charge >= 0.3 is 0 Å². The van der Waals surface area contributed by atoms with Crippen molar-refractivity contribution in [2.45, 2.75) is 56.9 Å². The topological polar surface area (TPSA) is 67.4 Å². The average Bonchev–Trinajstić information content (AvgIpc) is 3.23. The molecule has 3 aliphatic rings. The molecule has 6 nitrogen and oxygen atoms in total. The van der Waals surface area contributed by atoms with Gasteiger partial charge < -0.3 is 10.1 Å². The smallest absolute Gasteiger partial charge is 0.223 e. The summed E-state index contributed by atoms with van der Waals surface area (Å²) >= 11 is 0. The molecule has 1 amide bonds. The van der Waals surface area contributed by atoms with E-state index in [-0.39, 0.29) is 17.4 Å². The summed E-state index contributed by atoms with van der Waals surface area (Å²) < 4.78 is 33.8. The lowest BCUT2D eigenvalue weighted by atomic mass is 9.84. The molecule has 192 valence electrons. The molecule has 37 heavy (non-hydrogen) atoms. The zero-order valence-corrected chi connectivity index (χ0v) is 20.6. The number of nitrogens with one attached hydrogen (secondary N) is 1. The number of aromatic nitrogens is 2. The van der Waals surface area contributed by atoms with Crippen LogP contribution >= 0.6 is 0 Å². The lowest BCUT2D eigenvalue weighted by Gasteiger charge is -2.39. The zero-order valence-electron chi connectivity index (χ0n) is 20.6. The van der Waals surface area contributed by atoms with E-state index in [1.165, 1.54) is 17.2 Å². The van der Waals surface area contributed by atoms with Gasteiger partial charge in [0.15, 0.2) is 11.6 Å². The van der Waals surface area contributed by atoms with Crippen molar-refractivity contribution in [3.05, 3.63) is 94.6 Å². The number of halogens is 2. The Bertz CT molecular complexity index is 1290. The molecular formula is C29H30F2N4O2. The van der Waals surface area contributed by atoms with E-state index in [0.29, 0.717) is 17.9 Å². The van der Waals surface area contributed by atoms with Crippen LogP contribution in [-0.2, 0) is 28.3 Å². The number of amides is 1. The van der Waals surface area contributed by atoms with Gasteiger partial charge in [-0.1, -0.05) is 18.6 Å². The zero-order chi connectivity index (χ0) is 25.4. The summed E-state index contributed by atoms with van der Waals surface area (Å²) in [6.07, 6.45) is 10.2. The van der Waals surface area contributed by atoms with E-state index < -0.39 is 17.7 Å². The maximum absolute atomic E-state index is 14.0. The highest BCUT2D eigenvalue weighted by Gasteiger charge is 2.42. The SMILES string of the molecule is O=C(N[C@@H](c1ccc(F)c(F)c1)c1ccc(CN2CCC3(CC2)OCc2ccncc23)cn1)C1CCC1. The van der Waals surface area contributed by atoms with Crippen molar-refractivity contribution >= 4 is 5.91 Å². The second-order valence-corrected chi connectivity index (χ2v) is 10.4. The lowest BCUT2D eigenvalue weighted by Crippen LogP contribution is -2.42. The largest absolute Gasteiger partial charge is 0.365 e. The van der Waals surface area contributed by atoms with Crippen LogP contribution in [0.4, 0.5) is 8.78 Å². The van der Waals surface area contributed by atoms with E-state index >= 15 is 0 Å². The van der Waals surface area contributed by atoms with Gasteiger partial charge in [0.05, 0.1) is 23.9 Å².